The number of imidazole rings is 1. The van der Waals surface area contributed by atoms with E-state index in [9.17, 15) is 14.3 Å². The van der Waals surface area contributed by atoms with Crippen LogP contribution in [0, 0.1) is 5.82 Å². The van der Waals surface area contributed by atoms with E-state index < -0.39 is 6.29 Å². The van der Waals surface area contributed by atoms with Crippen molar-refractivity contribution in [3.05, 3.63) is 87.7 Å². The van der Waals surface area contributed by atoms with Gasteiger partial charge in [-0.3, -0.25) is 4.79 Å². The predicted octanol–water partition coefficient (Wildman–Crippen LogP) is 3.41. The molecule has 0 aliphatic heterocycles. The Morgan fingerprint density at radius 2 is 2.00 bits per heavy atom. The molecule has 2 N–H and O–H groups in total. The molecule has 0 radical (unpaired) electrons. The van der Waals surface area contributed by atoms with Crippen LogP contribution in [0.4, 0.5) is 4.39 Å². The van der Waals surface area contributed by atoms with E-state index in [-0.39, 0.29) is 17.8 Å². The Labute approximate surface area is 184 Å². The number of ether oxygens (including phenoxy) is 2. The van der Waals surface area contributed by atoms with Crippen molar-refractivity contribution in [2.24, 2.45) is 0 Å². The van der Waals surface area contributed by atoms with Gasteiger partial charge in [-0.25, -0.2) is 9.37 Å². The number of aliphatic hydroxyl groups is 1. The van der Waals surface area contributed by atoms with Crippen molar-refractivity contribution in [2.45, 2.75) is 19.3 Å². The fraction of sp³-hybridized carbons (Fsp3) is 0.250. The molecule has 166 valence electrons. The molecule has 1 atom stereocenters. The molecular weight excluding hydrogens is 413 g/mol. The van der Waals surface area contributed by atoms with Crippen molar-refractivity contribution < 1.29 is 19.0 Å². The molecule has 2 aromatic heterocycles. The third kappa shape index (κ3) is 4.47. The molecular formula is C24H24FN3O4. The number of aromatic nitrogens is 3. The molecule has 4 aromatic rings. The SMILES string of the molecule is COCCn1c(Cc2ccc(-c3cccc(=O)[nH]3)cc2F)nc2ccc(C(O)OC)cc21. The summed E-state index contributed by atoms with van der Waals surface area (Å²) in [6.07, 6.45) is -0.763. The second-order valence-electron chi connectivity index (χ2n) is 7.42. The number of rotatable bonds is 8. The number of pyridine rings is 1. The summed E-state index contributed by atoms with van der Waals surface area (Å²) in [5.74, 6) is 0.300. The van der Waals surface area contributed by atoms with Crippen molar-refractivity contribution in [3.8, 4) is 11.3 Å². The largest absolute Gasteiger partial charge is 0.383 e. The summed E-state index contributed by atoms with van der Waals surface area (Å²) in [6.45, 7) is 0.984. The van der Waals surface area contributed by atoms with Crippen LogP contribution in [0.5, 0.6) is 0 Å². The molecule has 0 aliphatic carbocycles. The van der Waals surface area contributed by atoms with E-state index in [1.165, 1.54) is 19.2 Å². The molecule has 0 amide bonds. The Morgan fingerprint density at radius 3 is 2.72 bits per heavy atom. The van der Waals surface area contributed by atoms with Gasteiger partial charge in [0.1, 0.15) is 11.6 Å². The van der Waals surface area contributed by atoms with Crippen LogP contribution in [0.3, 0.4) is 0 Å². The minimum Gasteiger partial charge on any atom is -0.383 e. The van der Waals surface area contributed by atoms with E-state index in [0.29, 0.717) is 41.4 Å². The number of benzene rings is 2. The molecule has 0 saturated carbocycles. The van der Waals surface area contributed by atoms with Gasteiger partial charge in [0.25, 0.3) is 0 Å². The summed E-state index contributed by atoms with van der Waals surface area (Å²) < 4.78 is 27.2. The number of fused-ring (bicyclic) bond motifs is 1. The minimum absolute atomic E-state index is 0.239. The molecule has 0 saturated heterocycles. The monoisotopic (exact) mass is 437 g/mol. The zero-order valence-electron chi connectivity index (χ0n) is 17.8. The molecule has 4 rings (SSSR count). The summed E-state index contributed by atoms with van der Waals surface area (Å²) in [5.41, 5.74) is 3.55. The van der Waals surface area contributed by atoms with Crippen LogP contribution in [0.25, 0.3) is 22.3 Å². The third-order valence-electron chi connectivity index (χ3n) is 5.36. The van der Waals surface area contributed by atoms with Gasteiger partial charge in [0.15, 0.2) is 6.29 Å². The zero-order chi connectivity index (χ0) is 22.7. The van der Waals surface area contributed by atoms with Gasteiger partial charge in [-0.2, -0.15) is 0 Å². The normalized spacial score (nSPS) is 12.4. The number of hydrogen-bond donors (Lipinski definition) is 2. The number of methoxy groups -OCH3 is 2. The zero-order valence-corrected chi connectivity index (χ0v) is 17.8. The maximum absolute atomic E-state index is 15.0. The summed E-state index contributed by atoms with van der Waals surface area (Å²) in [4.78, 5) is 19.0. The van der Waals surface area contributed by atoms with Crippen LogP contribution in [-0.2, 0) is 22.4 Å². The highest BCUT2D eigenvalue weighted by Gasteiger charge is 2.16. The van der Waals surface area contributed by atoms with Crippen LogP contribution < -0.4 is 5.56 Å². The number of aliphatic hydroxyl groups excluding tert-OH is 1. The van der Waals surface area contributed by atoms with Gasteiger partial charge < -0.3 is 24.1 Å². The highest BCUT2D eigenvalue weighted by molar-refractivity contribution is 5.77. The molecule has 32 heavy (non-hydrogen) atoms. The van der Waals surface area contributed by atoms with Crippen LogP contribution >= 0.6 is 0 Å². The number of halogens is 1. The lowest BCUT2D eigenvalue weighted by Gasteiger charge is -2.12. The highest BCUT2D eigenvalue weighted by Crippen LogP contribution is 2.25. The maximum atomic E-state index is 15.0. The first kappa shape index (κ1) is 21.9. The van der Waals surface area contributed by atoms with Crippen molar-refractivity contribution in [1.29, 1.82) is 0 Å². The molecule has 7 nitrogen and oxygen atoms in total. The van der Waals surface area contributed by atoms with Gasteiger partial charge in [-0.05, 0) is 29.8 Å². The van der Waals surface area contributed by atoms with Gasteiger partial charge in [0, 0.05) is 50.1 Å². The van der Waals surface area contributed by atoms with Crippen molar-refractivity contribution in [1.82, 2.24) is 14.5 Å². The first-order valence-corrected chi connectivity index (χ1v) is 10.2. The van der Waals surface area contributed by atoms with E-state index in [2.05, 4.69) is 4.98 Å². The Morgan fingerprint density at radius 1 is 1.16 bits per heavy atom. The number of nitrogens with one attached hydrogen (secondary N) is 1. The molecule has 1 unspecified atom stereocenters. The van der Waals surface area contributed by atoms with Gasteiger partial charge in [0.05, 0.1) is 17.6 Å². The third-order valence-corrected chi connectivity index (χ3v) is 5.36. The number of H-pyrrole nitrogens is 1. The minimum atomic E-state index is -1.04. The summed E-state index contributed by atoms with van der Waals surface area (Å²) >= 11 is 0. The Balaban J connectivity index is 1.70. The van der Waals surface area contributed by atoms with E-state index in [1.54, 1.807) is 37.4 Å². The average molecular weight is 437 g/mol. The summed E-state index contributed by atoms with van der Waals surface area (Å²) in [5, 5.41) is 10.0. The van der Waals surface area contributed by atoms with Gasteiger partial charge in [-0.15, -0.1) is 0 Å². The van der Waals surface area contributed by atoms with Crippen molar-refractivity contribution in [2.75, 3.05) is 20.8 Å². The smallest absolute Gasteiger partial charge is 0.248 e. The van der Waals surface area contributed by atoms with E-state index in [4.69, 9.17) is 14.5 Å². The van der Waals surface area contributed by atoms with Crippen molar-refractivity contribution in [3.63, 3.8) is 0 Å². The second-order valence-corrected chi connectivity index (χ2v) is 7.42. The lowest BCUT2D eigenvalue weighted by Crippen LogP contribution is -2.10. The highest BCUT2D eigenvalue weighted by atomic mass is 19.1. The fourth-order valence-corrected chi connectivity index (χ4v) is 3.69. The Bertz CT molecular complexity index is 1300. The number of aromatic amines is 1. The first-order chi connectivity index (χ1) is 15.5. The van der Waals surface area contributed by atoms with Crippen LogP contribution in [0.1, 0.15) is 23.2 Å². The molecule has 2 aromatic carbocycles. The van der Waals surface area contributed by atoms with E-state index >= 15 is 0 Å². The predicted molar refractivity (Wildman–Crippen MR) is 119 cm³/mol. The molecule has 0 fully saturated rings. The standard InChI is InChI=1S/C24H24FN3O4/c1-31-11-10-28-21-13-17(24(30)32-2)8-9-20(21)26-22(28)14-15-6-7-16(12-18(15)25)19-4-3-5-23(29)27-19/h3-9,12-13,24,30H,10-11,14H2,1-2H3,(H,27,29). The summed E-state index contributed by atoms with van der Waals surface area (Å²) in [6, 6.07) is 15.1. The second kappa shape index (κ2) is 9.44. The Hall–Kier alpha value is -3.33. The van der Waals surface area contributed by atoms with Crippen LogP contribution in [0.15, 0.2) is 59.4 Å². The van der Waals surface area contributed by atoms with Crippen LogP contribution in [0.2, 0.25) is 0 Å². The topological polar surface area (TPSA) is 89.4 Å². The van der Waals surface area contributed by atoms with Gasteiger partial charge in [-0.1, -0.05) is 24.3 Å². The van der Waals surface area contributed by atoms with E-state index in [1.807, 2.05) is 16.7 Å². The number of nitrogens with zero attached hydrogens (tertiary/aromatic N) is 2. The lowest BCUT2D eigenvalue weighted by atomic mass is 10.1. The average Bonchev–Trinajstić information content (AvgIpc) is 3.14. The Kier molecular flexibility index (Phi) is 6.45. The van der Waals surface area contributed by atoms with E-state index in [0.717, 1.165) is 11.0 Å². The molecule has 0 spiro atoms. The number of hydrogen-bond acceptors (Lipinski definition) is 5. The molecule has 8 heteroatoms. The van der Waals surface area contributed by atoms with Gasteiger partial charge in [0.2, 0.25) is 5.56 Å². The first-order valence-electron chi connectivity index (χ1n) is 10.2. The quantitative estimate of drug-likeness (QED) is 0.413. The van der Waals surface area contributed by atoms with Crippen LogP contribution in [-0.4, -0.2) is 40.5 Å². The fourth-order valence-electron chi connectivity index (χ4n) is 3.69. The van der Waals surface area contributed by atoms with Crippen molar-refractivity contribution >= 4 is 11.0 Å². The lowest BCUT2D eigenvalue weighted by molar-refractivity contribution is -0.0768. The van der Waals surface area contributed by atoms with Gasteiger partial charge >= 0.3 is 0 Å². The molecule has 0 bridgehead atoms. The molecule has 2 heterocycles. The maximum Gasteiger partial charge on any atom is 0.248 e. The summed E-state index contributed by atoms with van der Waals surface area (Å²) in [7, 11) is 3.05. The molecule has 0 aliphatic rings.